The van der Waals surface area contributed by atoms with Crippen molar-refractivity contribution in [3.05, 3.63) is 11.6 Å². The van der Waals surface area contributed by atoms with Gasteiger partial charge in [0.1, 0.15) is 5.82 Å². The second-order valence-corrected chi connectivity index (χ2v) is 3.60. The van der Waals surface area contributed by atoms with Gasteiger partial charge in [0.05, 0.1) is 5.92 Å². The van der Waals surface area contributed by atoms with Crippen molar-refractivity contribution in [1.82, 2.24) is 14.8 Å². The highest BCUT2D eigenvalue weighted by molar-refractivity contribution is 5.70. The van der Waals surface area contributed by atoms with Crippen LogP contribution >= 0.6 is 0 Å². The predicted molar refractivity (Wildman–Crippen MR) is 44.5 cm³/mol. The maximum Gasteiger partial charge on any atom is 0.453 e. The molecule has 2 heterocycles. The van der Waals surface area contributed by atoms with E-state index in [-0.39, 0.29) is 25.2 Å². The summed E-state index contributed by atoms with van der Waals surface area (Å²) in [4.78, 5) is 14.0. The molecule has 0 spiro atoms. The molecular formula is C8H8F3N3O2. The van der Waals surface area contributed by atoms with Crippen LogP contribution in [0.3, 0.4) is 0 Å². The summed E-state index contributed by atoms with van der Waals surface area (Å²) < 4.78 is 38.0. The van der Waals surface area contributed by atoms with Crippen molar-refractivity contribution in [3.63, 3.8) is 0 Å². The Morgan fingerprint density at radius 2 is 2.19 bits per heavy atom. The number of hydrogen-bond donors (Lipinski definition) is 1. The Morgan fingerprint density at radius 1 is 1.50 bits per heavy atom. The van der Waals surface area contributed by atoms with E-state index in [2.05, 4.69) is 10.1 Å². The predicted octanol–water partition coefficient (Wildman–Crippen LogP) is 0.944. The monoisotopic (exact) mass is 235 g/mol. The quantitative estimate of drug-likeness (QED) is 0.786. The molecule has 0 radical (unpaired) electrons. The van der Waals surface area contributed by atoms with Crippen LogP contribution in [0.5, 0.6) is 0 Å². The number of carboxylic acids is 1. The lowest BCUT2D eigenvalue weighted by Gasteiger charge is -2.17. The first-order valence-electron chi connectivity index (χ1n) is 4.61. The smallest absolute Gasteiger partial charge is 0.453 e. The molecule has 0 aromatic carbocycles. The highest BCUT2D eigenvalue weighted by Gasteiger charge is 2.38. The Kier molecular flexibility index (Phi) is 2.36. The lowest BCUT2D eigenvalue weighted by Crippen LogP contribution is -2.26. The summed E-state index contributed by atoms with van der Waals surface area (Å²) in [6.45, 7) is 0.162. The average molecular weight is 235 g/mol. The number of hydrogen-bond acceptors (Lipinski definition) is 3. The molecule has 0 aliphatic carbocycles. The van der Waals surface area contributed by atoms with Crippen LogP contribution in [0.2, 0.25) is 0 Å². The van der Waals surface area contributed by atoms with Crippen LogP contribution in [0.4, 0.5) is 13.2 Å². The molecule has 1 aromatic rings. The number of carbonyl (C=O) groups is 1. The number of aryl methyl sites for hydroxylation is 1. The van der Waals surface area contributed by atoms with Gasteiger partial charge in [-0.05, 0) is 6.42 Å². The lowest BCUT2D eigenvalue weighted by molar-refractivity contribution is -0.145. The third kappa shape index (κ3) is 1.86. The van der Waals surface area contributed by atoms with Crippen molar-refractivity contribution in [2.24, 2.45) is 5.92 Å². The standard InChI is InChI=1S/C8H8F3N3O2/c9-8(10,11)7-12-5-3-4(6(15)16)1-2-14(5)13-7/h4H,1-3H2,(H,15,16). The fraction of sp³-hybridized carbons (Fsp3) is 0.625. The largest absolute Gasteiger partial charge is 0.481 e. The minimum absolute atomic E-state index is 0.00157. The Morgan fingerprint density at radius 3 is 2.75 bits per heavy atom. The van der Waals surface area contributed by atoms with E-state index in [0.29, 0.717) is 0 Å². The van der Waals surface area contributed by atoms with E-state index >= 15 is 0 Å². The molecule has 88 valence electrons. The first-order valence-corrected chi connectivity index (χ1v) is 4.61. The van der Waals surface area contributed by atoms with E-state index < -0.39 is 23.9 Å². The number of rotatable bonds is 1. The van der Waals surface area contributed by atoms with Gasteiger partial charge in [0.15, 0.2) is 0 Å². The van der Waals surface area contributed by atoms with E-state index in [9.17, 15) is 18.0 Å². The molecule has 0 saturated carbocycles. The SMILES string of the molecule is O=C(O)C1CCn2nc(C(F)(F)F)nc2C1. The maximum absolute atomic E-state index is 12.3. The molecule has 1 aromatic heterocycles. The summed E-state index contributed by atoms with van der Waals surface area (Å²) in [6, 6.07) is 0. The van der Waals surface area contributed by atoms with Gasteiger partial charge in [0.2, 0.25) is 0 Å². The lowest BCUT2D eigenvalue weighted by atomic mass is 9.99. The number of aromatic nitrogens is 3. The third-order valence-electron chi connectivity index (χ3n) is 2.47. The van der Waals surface area contributed by atoms with E-state index in [1.807, 2.05) is 0 Å². The van der Waals surface area contributed by atoms with Crippen LogP contribution in [-0.4, -0.2) is 25.8 Å². The molecule has 5 nitrogen and oxygen atoms in total. The number of halogens is 3. The number of fused-ring (bicyclic) bond motifs is 1. The van der Waals surface area contributed by atoms with Crippen molar-refractivity contribution >= 4 is 5.97 Å². The molecule has 1 aliphatic heterocycles. The fourth-order valence-electron chi connectivity index (χ4n) is 1.64. The van der Waals surface area contributed by atoms with Crippen LogP contribution in [-0.2, 0) is 23.9 Å². The molecule has 0 bridgehead atoms. The fourth-order valence-corrected chi connectivity index (χ4v) is 1.64. The van der Waals surface area contributed by atoms with Gasteiger partial charge in [0.25, 0.3) is 5.82 Å². The van der Waals surface area contributed by atoms with Crippen LogP contribution in [0.15, 0.2) is 0 Å². The maximum atomic E-state index is 12.3. The Bertz CT molecular complexity index is 427. The Hall–Kier alpha value is -1.60. The van der Waals surface area contributed by atoms with Crippen molar-refractivity contribution in [2.45, 2.75) is 25.6 Å². The van der Waals surface area contributed by atoms with Crippen molar-refractivity contribution in [1.29, 1.82) is 0 Å². The number of carboxylic acid groups (broad SMARTS) is 1. The Labute approximate surface area is 87.9 Å². The first-order chi connectivity index (χ1) is 7.38. The second kappa shape index (κ2) is 3.46. The normalized spacial score (nSPS) is 20.6. The van der Waals surface area contributed by atoms with Gasteiger partial charge >= 0.3 is 12.1 Å². The van der Waals surface area contributed by atoms with E-state index in [4.69, 9.17) is 5.11 Å². The summed E-state index contributed by atoms with van der Waals surface area (Å²) in [5.74, 6) is -2.79. The molecular weight excluding hydrogens is 227 g/mol. The van der Waals surface area contributed by atoms with E-state index in [1.54, 1.807) is 0 Å². The topological polar surface area (TPSA) is 68.0 Å². The van der Waals surface area contributed by atoms with Gasteiger partial charge in [0, 0.05) is 13.0 Å². The zero-order chi connectivity index (χ0) is 11.9. The van der Waals surface area contributed by atoms with Gasteiger partial charge in [-0.1, -0.05) is 0 Å². The summed E-state index contributed by atoms with van der Waals surface area (Å²) in [6.07, 6.45) is -4.30. The van der Waals surface area contributed by atoms with Crippen molar-refractivity contribution < 1.29 is 23.1 Å². The van der Waals surface area contributed by atoms with Crippen molar-refractivity contribution in [2.75, 3.05) is 0 Å². The third-order valence-corrected chi connectivity index (χ3v) is 2.47. The minimum atomic E-state index is -4.58. The van der Waals surface area contributed by atoms with Crippen LogP contribution in [0, 0.1) is 5.92 Å². The van der Waals surface area contributed by atoms with Gasteiger partial charge in [-0.3, -0.25) is 4.79 Å². The molecule has 0 fully saturated rings. The summed E-state index contributed by atoms with van der Waals surface area (Å²) in [5.41, 5.74) is 0. The molecule has 8 heteroatoms. The molecule has 16 heavy (non-hydrogen) atoms. The first kappa shape index (κ1) is 10.9. The zero-order valence-corrected chi connectivity index (χ0v) is 8.03. The van der Waals surface area contributed by atoms with Gasteiger partial charge in [-0.15, -0.1) is 5.10 Å². The molecule has 2 rings (SSSR count). The number of aliphatic carboxylic acids is 1. The minimum Gasteiger partial charge on any atom is -0.481 e. The van der Waals surface area contributed by atoms with Gasteiger partial charge < -0.3 is 5.11 Å². The highest BCUT2D eigenvalue weighted by Crippen LogP contribution is 2.28. The zero-order valence-electron chi connectivity index (χ0n) is 8.03. The van der Waals surface area contributed by atoms with Crippen LogP contribution in [0.25, 0.3) is 0 Å². The molecule has 1 unspecified atom stereocenters. The highest BCUT2D eigenvalue weighted by atomic mass is 19.4. The van der Waals surface area contributed by atoms with E-state index in [1.165, 1.54) is 0 Å². The van der Waals surface area contributed by atoms with Gasteiger partial charge in [-0.25, -0.2) is 9.67 Å². The molecule has 1 N–H and O–H groups in total. The number of alkyl halides is 3. The molecule has 1 atom stereocenters. The van der Waals surface area contributed by atoms with Crippen LogP contribution < -0.4 is 0 Å². The number of nitrogens with zero attached hydrogens (tertiary/aromatic N) is 3. The van der Waals surface area contributed by atoms with Crippen molar-refractivity contribution in [3.8, 4) is 0 Å². The molecule has 0 amide bonds. The molecule has 1 aliphatic rings. The van der Waals surface area contributed by atoms with Gasteiger partial charge in [-0.2, -0.15) is 13.2 Å². The molecule has 0 saturated heterocycles. The summed E-state index contributed by atoms with van der Waals surface area (Å²) in [7, 11) is 0. The summed E-state index contributed by atoms with van der Waals surface area (Å²) >= 11 is 0. The summed E-state index contributed by atoms with van der Waals surface area (Å²) in [5, 5.41) is 12.1. The van der Waals surface area contributed by atoms with Crippen LogP contribution in [0.1, 0.15) is 18.1 Å². The average Bonchev–Trinajstić information content (AvgIpc) is 2.58. The second-order valence-electron chi connectivity index (χ2n) is 3.60. The Balaban J connectivity index is 2.27. The van der Waals surface area contributed by atoms with E-state index in [0.717, 1.165) is 4.68 Å².